The predicted molar refractivity (Wildman–Crippen MR) is 76.4 cm³/mol. The van der Waals surface area contributed by atoms with Crippen LogP contribution in [0.5, 0.6) is 0 Å². The maximum atomic E-state index is 4.07. The molecule has 1 heterocycles. The van der Waals surface area contributed by atoms with Gasteiger partial charge in [-0.2, -0.15) is 0 Å². The summed E-state index contributed by atoms with van der Waals surface area (Å²) in [4.78, 5) is 4.07. The van der Waals surface area contributed by atoms with E-state index < -0.39 is 0 Å². The molecule has 0 fully saturated rings. The number of hydrogen-bond acceptors (Lipinski definition) is 2. The highest BCUT2D eigenvalue weighted by Crippen LogP contribution is 2.23. The number of aromatic nitrogens is 1. The van der Waals surface area contributed by atoms with Crippen molar-refractivity contribution in [2.24, 2.45) is 0 Å². The van der Waals surface area contributed by atoms with Crippen LogP contribution in [0.2, 0.25) is 0 Å². The summed E-state index contributed by atoms with van der Waals surface area (Å²) in [6, 6.07) is 11.3. The van der Waals surface area contributed by atoms with Crippen molar-refractivity contribution in [2.45, 2.75) is 33.4 Å². The largest absolute Gasteiger partial charge is 0.310 e. The van der Waals surface area contributed by atoms with Crippen molar-refractivity contribution in [3.8, 4) is 11.1 Å². The summed E-state index contributed by atoms with van der Waals surface area (Å²) in [6.07, 6.45) is 3.68. The third-order valence-corrected chi connectivity index (χ3v) is 3.01. The smallest absolute Gasteiger partial charge is 0.0273 e. The Labute approximate surface area is 109 Å². The number of hydrogen-bond donors (Lipinski definition) is 1. The summed E-state index contributed by atoms with van der Waals surface area (Å²) in [6.45, 7) is 7.39. The molecular weight excluding hydrogens is 220 g/mol. The standard InChI is InChI=1S/C16H20N2/c1-12(2)18-11-14-5-4-13(3)16(10-14)15-6-8-17-9-7-15/h4-10,12,18H,11H2,1-3H3. The van der Waals surface area contributed by atoms with E-state index in [2.05, 4.69) is 61.4 Å². The highest BCUT2D eigenvalue weighted by Gasteiger charge is 2.03. The van der Waals surface area contributed by atoms with Crippen molar-refractivity contribution >= 4 is 0 Å². The van der Waals surface area contributed by atoms with E-state index in [-0.39, 0.29) is 0 Å². The van der Waals surface area contributed by atoms with Gasteiger partial charge in [-0.3, -0.25) is 4.98 Å². The van der Waals surface area contributed by atoms with Gasteiger partial charge in [-0.05, 0) is 47.4 Å². The highest BCUT2D eigenvalue weighted by atomic mass is 14.9. The third kappa shape index (κ3) is 3.17. The lowest BCUT2D eigenvalue weighted by atomic mass is 9.99. The Morgan fingerprint density at radius 1 is 1.11 bits per heavy atom. The van der Waals surface area contributed by atoms with Crippen LogP contribution in [0.3, 0.4) is 0 Å². The van der Waals surface area contributed by atoms with Crippen LogP contribution in [0.15, 0.2) is 42.7 Å². The van der Waals surface area contributed by atoms with E-state index in [1.165, 1.54) is 22.3 Å². The van der Waals surface area contributed by atoms with Gasteiger partial charge in [0.05, 0.1) is 0 Å². The lowest BCUT2D eigenvalue weighted by Crippen LogP contribution is -2.21. The average molecular weight is 240 g/mol. The average Bonchev–Trinajstić information content (AvgIpc) is 2.38. The van der Waals surface area contributed by atoms with E-state index in [0.717, 1.165) is 6.54 Å². The van der Waals surface area contributed by atoms with Crippen LogP contribution in [0.4, 0.5) is 0 Å². The number of nitrogens with one attached hydrogen (secondary N) is 1. The van der Waals surface area contributed by atoms with E-state index in [0.29, 0.717) is 6.04 Å². The molecule has 2 nitrogen and oxygen atoms in total. The zero-order valence-corrected chi connectivity index (χ0v) is 11.3. The van der Waals surface area contributed by atoms with Gasteiger partial charge in [-0.1, -0.05) is 26.0 Å². The van der Waals surface area contributed by atoms with Gasteiger partial charge in [0.15, 0.2) is 0 Å². The van der Waals surface area contributed by atoms with E-state index in [4.69, 9.17) is 0 Å². The monoisotopic (exact) mass is 240 g/mol. The molecule has 0 aliphatic heterocycles. The normalized spacial score (nSPS) is 10.9. The van der Waals surface area contributed by atoms with Gasteiger partial charge in [0, 0.05) is 25.0 Å². The molecule has 0 unspecified atom stereocenters. The quantitative estimate of drug-likeness (QED) is 0.884. The van der Waals surface area contributed by atoms with Crippen LogP contribution in [-0.4, -0.2) is 11.0 Å². The minimum absolute atomic E-state index is 0.510. The van der Waals surface area contributed by atoms with Gasteiger partial charge < -0.3 is 5.32 Å². The molecule has 1 aromatic heterocycles. The van der Waals surface area contributed by atoms with Crippen LogP contribution in [0.25, 0.3) is 11.1 Å². The molecule has 0 spiro atoms. The van der Waals surface area contributed by atoms with Crippen LogP contribution in [-0.2, 0) is 6.54 Å². The summed E-state index contributed by atoms with van der Waals surface area (Å²) in [7, 11) is 0. The molecule has 0 amide bonds. The summed E-state index contributed by atoms with van der Waals surface area (Å²) in [5.41, 5.74) is 5.14. The van der Waals surface area contributed by atoms with Gasteiger partial charge in [-0.25, -0.2) is 0 Å². The molecule has 94 valence electrons. The van der Waals surface area contributed by atoms with Crippen LogP contribution in [0.1, 0.15) is 25.0 Å². The lowest BCUT2D eigenvalue weighted by molar-refractivity contribution is 0.589. The molecule has 18 heavy (non-hydrogen) atoms. The van der Waals surface area contributed by atoms with Crippen molar-refractivity contribution in [3.63, 3.8) is 0 Å². The molecule has 0 aliphatic carbocycles. The van der Waals surface area contributed by atoms with E-state index in [1.54, 1.807) is 0 Å². The Morgan fingerprint density at radius 2 is 1.83 bits per heavy atom. The van der Waals surface area contributed by atoms with Gasteiger partial charge in [0.1, 0.15) is 0 Å². The second-order valence-corrected chi connectivity index (χ2v) is 4.92. The Balaban J connectivity index is 2.27. The maximum Gasteiger partial charge on any atom is 0.0273 e. The molecule has 0 bridgehead atoms. The van der Waals surface area contributed by atoms with Crippen molar-refractivity contribution < 1.29 is 0 Å². The van der Waals surface area contributed by atoms with Crippen molar-refractivity contribution in [2.75, 3.05) is 0 Å². The Bertz CT molecular complexity index is 504. The lowest BCUT2D eigenvalue weighted by Gasteiger charge is -2.11. The van der Waals surface area contributed by atoms with Crippen LogP contribution >= 0.6 is 0 Å². The molecule has 0 aliphatic rings. The minimum atomic E-state index is 0.510. The predicted octanol–water partition coefficient (Wildman–Crippen LogP) is 3.56. The van der Waals surface area contributed by atoms with E-state index in [1.807, 2.05) is 12.4 Å². The molecular formula is C16H20N2. The summed E-state index contributed by atoms with van der Waals surface area (Å²) < 4.78 is 0. The maximum absolute atomic E-state index is 4.07. The first kappa shape index (κ1) is 12.8. The van der Waals surface area contributed by atoms with Gasteiger partial charge in [0.25, 0.3) is 0 Å². The molecule has 2 heteroatoms. The molecule has 1 N–H and O–H groups in total. The molecule has 0 saturated carbocycles. The number of benzene rings is 1. The molecule has 1 aromatic carbocycles. The number of rotatable bonds is 4. The number of pyridine rings is 1. The van der Waals surface area contributed by atoms with E-state index >= 15 is 0 Å². The van der Waals surface area contributed by atoms with Crippen molar-refractivity contribution in [3.05, 3.63) is 53.9 Å². The van der Waals surface area contributed by atoms with E-state index in [9.17, 15) is 0 Å². The SMILES string of the molecule is Cc1ccc(CNC(C)C)cc1-c1ccncc1. The van der Waals surface area contributed by atoms with Crippen molar-refractivity contribution in [1.82, 2.24) is 10.3 Å². The Hall–Kier alpha value is -1.67. The first-order chi connectivity index (χ1) is 8.66. The van der Waals surface area contributed by atoms with Gasteiger partial charge >= 0.3 is 0 Å². The molecule has 2 rings (SSSR count). The zero-order chi connectivity index (χ0) is 13.0. The first-order valence-corrected chi connectivity index (χ1v) is 6.40. The second kappa shape index (κ2) is 5.78. The summed E-state index contributed by atoms with van der Waals surface area (Å²) in [5, 5.41) is 3.45. The molecule has 0 radical (unpaired) electrons. The molecule has 0 atom stereocenters. The summed E-state index contributed by atoms with van der Waals surface area (Å²) in [5.74, 6) is 0. The molecule has 2 aromatic rings. The third-order valence-electron chi connectivity index (χ3n) is 3.01. The van der Waals surface area contributed by atoms with Crippen molar-refractivity contribution in [1.29, 1.82) is 0 Å². The highest BCUT2D eigenvalue weighted by molar-refractivity contribution is 5.67. The zero-order valence-electron chi connectivity index (χ0n) is 11.3. The second-order valence-electron chi connectivity index (χ2n) is 4.92. The van der Waals surface area contributed by atoms with Crippen LogP contribution < -0.4 is 5.32 Å². The topological polar surface area (TPSA) is 24.9 Å². The van der Waals surface area contributed by atoms with Gasteiger partial charge in [-0.15, -0.1) is 0 Å². The first-order valence-electron chi connectivity index (χ1n) is 6.40. The fourth-order valence-electron chi connectivity index (χ4n) is 1.94. The van der Waals surface area contributed by atoms with Gasteiger partial charge in [0.2, 0.25) is 0 Å². The fourth-order valence-corrected chi connectivity index (χ4v) is 1.94. The minimum Gasteiger partial charge on any atom is -0.310 e. The Kier molecular flexibility index (Phi) is 4.11. The fraction of sp³-hybridized carbons (Fsp3) is 0.312. The molecule has 0 saturated heterocycles. The number of nitrogens with zero attached hydrogens (tertiary/aromatic N) is 1. The number of aryl methyl sites for hydroxylation is 1. The Morgan fingerprint density at radius 3 is 2.50 bits per heavy atom. The summed E-state index contributed by atoms with van der Waals surface area (Å²) >= 11 is 0. The van der Waals surface area contributed by atoms with Crippen LogP contribution in [0, 0.1) is 6.92 Å².